The maximum Gasteiger partial charge on any atom is 0.287 e. The van der Waals surface area contributed by atoms with Crippen LogP contribution in [-0.2, 0) is 7.05 Å². The van der Waals surface area contributed by atoms with E-state index < -0.39 is 0 Å². The number of hydrogen-bond donors (Lipinski definition) is 0. The van der Waals surface area contributed by atoms with Crippen molar-refractivity contribution in [3.05, 3.63) is 59.9 Å². The van der Waals surface area contributed by atoms with E-state index in [1.54, 1.807) is 0 Å². The Morgan fingerprint density at radius 1 is 1.05 bits per heavy atom. The van der Waals surface area contributed by atoms with E-state index in [9.17, 15) is 0 Å². The Balaban J connectivity index is 2.37. The molecule has 0 amide bonds. The van der Waals surface area contributed by atoms with Gasteiger partial charge in [-0.25, -0.2) is 4.57 Å². The van der Waals surface area contributed by atoms with E-state index in [-0.39, 0.29) is 0 Å². The number of hydrogen-bond acceptors (Lipinski definition) is 1. The predicted octanol–water partition coefficient (Wildman–Crippen LogP) is 4.16. The summed E-state index contributed by atoms with van der Waals surface area (Å²) in [6.45, 7) is 6.61. The summed E-state index contributed by atoms with van der Waals surface area (Å²) < 4.78 is 2.12. The zero-order valence-corrected chi connectivity index (χ0v) is 13.1. The summed E-state index contributed by atoms with van der Waals surface area (Å²) in [5, 5.41) is 1.22. The summed E-state index contributed by atoms with van der Waals surface area (Å²) in [5.74, 6) is 0.518. The Kier molecular flexibility index (Phi) is 3.46. The minimum Gasteiger partial charge on any atom is -0.232 e. The molecule has 2 aromatic carbocycles. The average Bonchev–Trinajstić information content (AvgIpc) is 2.48. The molecule has 2 nitrogen and oxygen atoms in total. The van der Waals surface area contributed by atoms with E-state index in [0.29, 0.717) is 5.92 Å². The molecule has 0 fully saturated rings. The molecule has 0 aliphatic rings. The fraction of sp³-hybridized carbons (Fsp3) is 0.263. The summed E-state index contributed by atoms with van der Waals surface area (Å²) in [6.07, 6.45) is 1.90. The third-order valence-corrected chi connectivity index (χ3v) is 4.07. The maximum absolute atomic E-state index is 4.56. The van der Waals surface area contributed by atoms with Crippen molar-refractivity contribution in [2.45, 2.75) is 26.7 Å². The first kappa shape index (κ1) is 13.7. The van der Waals surface area contributed by atoms with Crippen molar-refractivity contribution in [3.63, 3.8) is 0 Å². The van der Waals surface area contributed by atoms with E-state index in [4.69, 9.17) is 0 Å². The molecule has 2 heteroatoms. The van der Waals surface area contributed by atoms with Crippen LogP contribution in [-0.4, -0.2) is 4.98 Å². The molecule has 0 aliphatic heterocycles. The van der Waals surface area contributed by atoms with E-state index in [2.05, 4.69) is 79.8 Å². The molecule has 106 valence electrons. The van der Waals surface area contributed by atoms with Gasteiger partial charge in [0, 0.05) is 5.56 Å². The molecular weight excluding hydrogens is 256 g/mol. The van der Waals surface area contributed by atoms with Crippen LogP contribution in [0.2, 0.25) is 0 Å². The van der Waals surface area contributed by atoms with Gasteiger partial charge in [0.25, 0.3) is 6.33 Å². The highest BCUT2D eigenvalue weighted by Gasteiger charge is 2.17. The van der Waals surface area contributed by atoms with Gasteiger partial charge in [-0.3, -0.25) is 0 Å². The first-order valence-corrected chi connectivity index (χ1v) is 7.42. The Bertz CT molecular complexity index is 804. The highest BCUT2D eigenvalue weighted by molar-refractivity contribution is 5.91. The van der Waals surface area contributed by atoms with Crippen molar-refractivity contribution in [2.24, 2.45) is 7.05 Å². The van der Waals surface area contributed by atoms with Gasteiger partial charge < -0.3 is 0 Å². The molecule has 0 aliphatic carbocycles. The molecule has 1 aromatic heterocycles. The zero-order valence-electron chi connectivity index (χ0n) is 13.1. The van der Waals surface area contributed by atoms with Gasteiger partial charge in [0.15, 0.2) is 5.52 Å². The summed E-state index contributed by atoms with van der Waals surface area (Å²) in [4.78, 5) is 4.56. The molecule has 0 radical (unpaired) electrons. The molecule has 3 aromatic rings. The van der Waals surface area contributed by atoms with Crippen molar-refractivity contribution < 1.29 is 4.57 Å². The fourth-order valence-electron chi connectivity index (χ4n) is 2.79. The first-order valence-electron chi connectivity index (χ1n) is 7.42. The zero-order chi connectivity index (χ0) is 15.0. The number of aryl methyl sites for hydroxylation is 2. The van der Waals surface area contributed by atoms with Crippen LogP contribution in [0.1, 0.15) is 30.9 Å². The summed E-state index contributed by atoms with van der Waals surface area (Å²) >= 11 is 0. The number of aromatic nitrogens is 2. The summed E-state index contributed by atoms with van der Waals surface area (Å²) in [7, 11) is 2.07. The number of fused-ring (bicyclic) bond motifs is 1. The Morgan fingerprint density at radius 2 is 1.81 bits per heavy atom. The largest absolute Gasteiger partial charge is 0.287 e. The standard InChI is InChI=1S/C19H21N2/c1-13(2)15-9-10-18-17(11-15)19(21(4)12-20-18)16-8-6-5-7-14(16)3/h5-13H,1-4H3/q+1. The normalized spacial score (nSPS) is 11.3. The van der Waals surface area contributed by atoms with Crippen molar-refractivity contribution in [2.75, 3.05) is 0 Å². The Labute approximate surface area is 126 Å². The number of benzene rings is 2. The average molecular weight is 277 g/mol. The molecule has 0 saturated carbocycles. The van der Waals surface area contributed by atoms with E-state index in [0.717, 1.165) is 5.52 Å². The Hall–Kier alpha value is -2.22. The minimum absolute atomic E-state index is 0.518. The number of nitrogens with zero attached hydrogens (tertiary/aromatic N) is 2. The molecule has 0 bridgehead atoms. The van der Waals surface area contributed by atoms with Gasteiger partial charge >= 0.3 is 0 Å². The highest BCUT2D eigenvalue weighted by atomic mass is 15.0. The molecule has 21 heavy (non-hydrogen) atoms. The molecule has 0 unspecified atom stereocenters. The van der Waals surface area contributed by atoms with Crippen molar-refractivity contribution in [3.8, 4) is 11.3 Å². The third kappa shape index (κ3) is 2.42. The highest BCUT2D eigenvalue weighted by Crippen LogP contribution is 2.28. The lowest BCUT2D eigenvalue weighted by atomic mass is 9.97. The SMILES string of the molecule is Cc1ccccc1-c1c2cc(C(C)C)ccc2nc[n+]1C. The molecule has 0 spiro atoms. The molecular formula is C19H21N2+. The smallest absolute Gasteiger partial charge is 0.232 e. The van der Waals surface area contributed by atoms with Crippen molar-refractivity contribution >= 4 is 10.9 Å². The van der Waals surface area contributed by atoms with Crippen LogP contribution in [0.25, 0.3) is 22.2 Å². The lowest BCUT2D eigenvalue weighted by Gasteiger charge is -2.10. The summed E-state index contributed by atoms with van der Waals surface area (Å²) in [5.41, 5.74) is 6.20. The topological polar surface area (TPSA) is 16.8 Å². The second kappa shape index (κ2) is 5.28. The third-order valence-electron chi connectivity index (χ3n) is 4.07. The van der Waals surface area contributed by atoms with Gasteiger partial charge in [0.1, 0.15) is 5.69 Å². The van der Waals surface area contributed by atoms with Gasteiger partial charge in [-0.2, -0.15) is 0 Å². The summed E-state index contributed by atoms with van der Waals surface area (Å²) in [6, 6.07) is 15.1. The lowest BCUT2D eigenvalue weighted by molar-refractivity contribution is -0.662. The lowest BCUT2D eigenvalue weighted by Crippen LogP contribution is -2.31. The van der Waals surface area contributed by atoms with Gasteiger partial charge in [-0.15, -0.1) is 0 Å². The van der Waals surface area contributed by atoms with E-state index in [1.807, 2.05) is 6.33 Å². The Morgan fingerprint density at radius 3 is 2.52 bits per heavy atom. The van der Waals surface area contributed by atoms with Crippen molar-refractivity contribution in [1.82, 2.24) is 4.98 Å². The fourth-order valence-corrected chi connectivity index (χ4v) is 2.79. The van der Waals surface area contributed by atoms with Crippen molar-refractivity contribution in [1.29, 1.82) is 0 Å². The second-order valence-corrected chi connectivity index (χ2v) is 5.95. The molecule has 0 atom stereocenters. The van der Waals surface area contributed by atoms with Gasteiger partial charge in [-0.05, 0) is 41.1 Å². The van der Waals surface area contributed by atoms with Crippen LogP contribution < -0.4 is 4.57 Å². The predicted molar refractivity (Wildman–Crippen MR) is 87.2 cm³/mol. The molecule has 3 rings (SSSR count). The van der Waals surface area contributed by atoms with Crippen LogP contribution >= 0.6 is 0 Å². The quantitative estimate of drug-likeness (QED) is 0.643. The van der Waals surface area contributed by atoms with Gasteiger partial charge in [-0.1, -0.05) is 44.2 Å². The van der Waals surface area contributed by atoms with Crippen LogP contribution in [0, 0.1) is 6.92 Å². The first-order chi connectivity index (χ1) is 10.1. The molecule has 0 N–H and O–H groups in total. The molecule has 0 saturated heterocycles. The van der Waals surface area contributed by atoms with E-state index >= 15 is 0 Å². The van der Waals surface area contributed by atoms with Crippen LogP contribution in [0.4, 0.5) is 0 Å². The second-order valence-electron chi connectivity index (χ2n) is 5.95. The van der Waals surface area contributed by atoms with Crippen LogP contribution in [0.5, 0.6) is 0 Å². The van der Waals surface area contributed by atoms with Crippen LogP contribution in [0.15, 0.2) is 48.8 Å². The van der Waals surface area contributed by atoms with E-state index in [1.165, 1.54) is 27.8 Å². The minimum atomic E-state index is 0.518. The van der Waals surface area contributed by atoms with Crippen LogP contribution in [0.3, 0.4) is 0 Å². The maximum atomic E-state index is 4.56. The number of rotatable bonds is 2. The van der Waals surface area contributed by atoms with Gasteiger partial charge in [0.2, 0.25) is 0 Å². The monoisotopic (exact) mass is 277 g/mol. The molecule has 1 heterocycles. The van der Waals surface area contributed by atoms with Gasteiger partial charge in [0.05, 0.1) is 12.4 Å².